The molecule has 3 rings (SSSR count). The SMILES string of the molecule is Nc1cccc(-c2ncc3cccc(O)n23)c1. The molecule has 0 fully saturated rings. The predicted octanol–water partition coefficient (Wildman–Crippen LogP) is 2.29. The zero-order chi connectivity index (χ0) is 11.8. The van der Waals surface area contributed by atoms with E-state index < -0.39 is 0 Å². The van der Waals surface area contributed by atoms with Crippen molar-refractivity contribution in [2.45, 2.75) is 0 Å². The van der Waals surface area contributed by atoms with E-state index in [1.165, 1.54) is 0 Å². The Hall–Kier alpha value is -2.49. The molecule has 84 valence electrons. The molecule has 0 aliphatic heterocycles. The van der Waals surface area contributed by atoms with Crippen molar-refractivity contribution in [2.75, 3.05) is 5.73 Å². The first-order chi connectivity index (χ1) is 8.25. The number of hydrogen-bond donors (Lipinski definition) is 2. The van der Waals surface area contributed by atoms with Crippen molar-refractivity contribution in [3.63, 3.8) is 0 Å². The van der Waals surface area contributed by atoms with Crippen LogP contribution in [0, 0.1) is 0 Å². The van der Waals surface area contributed by atoms with E-state index in [-0.39, 0.29) is 5.88 Å². The maximum atomic E-state index is 9.86. The van der Waals surface area contributed by atoms with Gasteiger partial charge in [0.25, 0.3) is 0 Å². The van der Waals surface area contributed by atoms with E-state index in [1.807, 2.05) is 30.3 Å². The number of nitrogens with two attached hydrogens (primary N) is 1. The number of pyridine rings is 1. The third-order valence-corrected chi connectivity index (χ3v) is 2.68. The van der Waals surface area contributed by atoms with Gasteiger partial charge in [0.1, 0.15) is 5.82 Å². The first-order valence-corrected chi connectivity index (χ1v) is 5.27. The lowest BCUT2D eigenvalue weighted by Gasteiger charge is -2.04. The maximum Gasteiger partial charge on any atom is 0.197 e. The van der Waals surface area contributed by atoms with Gasteiger partial charge in [-0.05, 0) is 24.3 Å². The van der Waals surface area contributed by atoms with Crippen molar-refractivity contribution < 1.29 is 5.11 Å². The van der Waals surface area contributed by atoms with Crippen LogP contribution in [0.2, 0.25) is 0 Å². The first-order valence-electron chi connectivity index (χ1n) is 5.27. The standard InChI is InChI=1S/C13H11N3O/c14-10-4-1-3-9(7-10)13-15-8-11-5-2-6-12(17)16(11)13/h1-8,17H,14H2. The summed E-state index contributed by atoms with van der Waals surface area (Å²) in [7, 11) is 0. The molecule has 2 heterocycles. The Morgan fingerprint density at radius 2 is 1.94 bits per heavy atom. The van der Waals surface area contributed by atoms with Gasteiger partial charge >= 0.3 is 0 Å². The minimum Gasteiger partial charge on any atom is -0.494 e. The molecule has 0 saturated carbocycles. The van der Waals surface area contributed by atoms with E-state index in [9.17, 15) is 5.11 Å². The van der Waals surface area contributed by atoms with Crippen LogP contribution in [0.15, 0.2) is 48.7 Å². The molecule has 0 saturated heterocycles. The largest absolute Gasteiger partial charge is 0.494 e. The summed E-state index contributed by atoms with van der Waals surface area (Å²) < 4.78 is 1.69. The zero-order valence-corrected chi connectivity index (χ0v) is 9.04. The third-order valence-electron chi connectivity index (χ3n) is 2.68. The maximum absolute atomic E-state index is 9.86. The van der Waals surface area contributed by atoms with Crippen molar-refractivity contribution in [1.29, 1.82) is 0 Å². The van der Waals surface area contributed by atoms with Gasteiger partial charge < -0.3 is 10.8 Å². The Morgan fingerprint density at radius 3 is 2.76 bits per heavy atom. The van der Waals surface area contributed by atoms with Crippen molar-refractivity contribution >= 4 is 11.2 Å². The van der Waals surface area contributed by atoms with Crippen LogP contribution in [0.3, 0.4) is 0 Å². The van der Waals surface area contributed by atoms with Crippen molar-refractivity contribution in [1.82, 2.24) is 9.38 Å². The van der Waals surface area contributed by atoms with Gasteiger partial charge in [0.15, 0.2) is 5.88 Å². The average Bonchev–Trinajstić information content (AvgIpc) is 2.74. The number of aromatic hydroxyl groups is 1. The Kier molecular flexibility index (Phi) is 2.01. The van der Waals surface area contributed by atoms with Gasteiger partial charge in [-0.1, -0.05) is 18.2 Å². The van der Waals surface area contributed by atoms with Crippen molar-refractivity contribution in [2.24, 2.45) is 0 Å². The Bertz CT molecular complexity index is 688. The molecule has 0 amide bonds. The summed E-state index contributed by atoms with van der Waals surface area (Å²) >= 11 is 0. The Balaban J connectivity index is 2.31. The number of aromatic nitrogens is 2. The van der Waals surface area contributed by atoms with Gasteiger partial charge in [0, 0.05) is 11.3 Å². The molecule has 17 heavy (non-hydrogen) atoms. The molecule has 0 bridgehead atoms. The summed E-state index contributed by atoms with van der Waals surface area (Å²) in [5.41, 5.74) is 8.15. The van der Waals surface area contributed by atoms with E-state index in [1.54, 1.807) is 22.7 Å². The molecule has 0 unspecified atom stereocenters. The second kappa shape index (κ2) is 3.52. The van der Waals surface area contributed by atoms with Gasteiger partial charge in [0.2, 0.25) is 0 Å². The molecule has 1 aromatic carbocycles. The van der Waals surface area contributed by atoms with Crippen LogP contribution in [0.25, 0.3) is 16.9 Å². The monoisotopic (exact) mass is 225 g/mol. The molecule has 4 nitrogen and oxygen atoms in total. The van der Waals surface area contributed by atoms with Crippen molar-refractivity contribution in [3.05, 3.63) is 48.7 Å². The summed E-state index contributed by atoms with van der Waals surface area (Å²) in [5, 5.41) is 9.86. The van der Waals surface area contributed by atoms with Crippen LogP contribution in [-0.4, -0.2) is 14.5 Å². The summed E-state index contributed by atoms with van der Waals surface area (Å²) in [4.78, 5) is 4.31. The fourth-order valence-electron chi connectivity index (χ4n) is 1.91. The molecule has 0 aliphatic carbocycles. The quantitative estimate of drug-likeness (QED) is 0.624. The molecule has 4 heteroatoms. The number of nitrogen functional groups attached to an aromatic ring is 1. The highest BCUT2D eigenvalue weighted by atomic mass is 16.3. The molecular formula is C13H11N3O. The molecule has 0 aliphatic rings. The molecule has 0 radical (unpaired) electrons. The molecule has 0 atom stereocenters. The van der Waals surface area contributed by atoms with Crippen LogP contribution in [0.4, 0.5) is 5.69 Å². The minimum absolute atomic E-state index is 0.164. The fraction of sp³-hybridized carbons (Fsp3) is 0. The van der Waals surface area contributed by atoms with Gasteiger partial charge in [0.05, 0.1) is 11.7 Å². The van der Waals surface area contributed by atoms with Crippen LogP contribution >= 0.6 is 0 Å². The number of fused-ring (bicyclic) bond motifs is 1. The summed E-state index contributed by atoms with van der Waals surface area (Å²) in [6.45, 7) is 0. The Morgan fingerprint density at radius 1 is 1.12 bits per heavy atom. The summed E-state index contributed by atoms with van der Waals surface area (Å²) in [5.74, 6) is 0.850. The summed E-state index contributed by atoms with van der Waals surface area (Å²) in [6.07, 6.45) is 1.72. The zero-order valence-electron chi connectivity index (χ0n) is 9.04. The lowest BCUT2D eigenvalue weighted by molar-refractivity contribution is 0.447. The van der Waals surface area contributed by atoms with Crippen LogP contribution in [-0.2, 0) is 0 Å². The number of rotatable bonds is 1. The highest BCUT2D eigenvalue weighted by Crippen LogP contribution is 2.25. The van der Waals surface area contributed by atoms with E-state index in [2.05, 4.69) is 4.98 Å². The van der Waals surface area contributed by atoms with E-state index in [0.717, 1.165) is 11.1 Å². The fourth-order valence-corrected chi connectivity index (χ4v) is 1.91. The van der Waals surface area contributed by atoms with E-state index >= 15 is 0 Å². The van der Waals surface area contributed by atoms with Gasteiger partial charge in [-0.25, -0.2) is 4.98 Å². The van der Waals surface area contributed by atoms with Crippen LogP contribution < -0.4 is 5.73 Å². The number of nitrogens with zero attached hydrogens (tertiary/aromatic N) is 2. The van der Waals surface area contributed by atoms with Crippen molar-refractivity contribution in [3.8, 4) is 17.3 Å². The second-order valence-electron chi connectivity index (χ2n) is 3.85. The lowest BCUT2D eigenvalue weighted by atomic mass is 10.2. The van der Waals surface area contributed by atoms with Gasteiger partial charge in [-0.2, -0.15) is 0 Å². The highest BCUT2D eigenvalue weighted by Gasteiger charge is 2.08. The topological polar surface area (TPSA) is 63.5 Å². The second-order valence-corrected chi connectivity index (χ2v) is 3.85. The first kappa shape index (κ1) is 9.72. The number of hydrogen-bond acceptors (Lipinski definition) is 3. The lowest BCUT2D eigenvalue weighted by Crippen LogP contribution is -1.91. The summed E-state index contributed by atoms with van der Waals surface area (Å²) in [6, 6.07) is 12.7. The molecule has 0 spiro atoms. The number of anilines is 1. The highest BCUT2D eigenvalue weighted by molar-refractivity contribution is 5.66. The van der Waals surface area contributed by atoms with Crippen LogP contribution in [0.5, 0.6) is 5.88 Å². The van der Waals surface area contributed by atoms with E-state index in [0.29, 0.717) is 11.5 Å². The third kappa shape index (κ3) is 1.50. The van der Waals surface area contributed by atoms with Gasteiger partial charge in [-0.15, -0.1) is 0 Å². The molecule has 2 aromatic heterocycles. The van der Waals surface area contributed by atoms with Crippen LogP contribution in [0.1, 0.15) is 0 Å². The smallest absolute Gasteiger partial charge is 0.197 e. The number of imidazole rings is 1. The van der Waals surface area contributed by atoms with E-state index in [4.69, 9.17) is 5.73 Å². The molecule has 3 aromatic rings. The normalized spacial score (nSPS) is 10.8. The number of benzene rings is 1. The average molecular weight is 225 g/mol. The predicted molar refractivity (Wildman–Crippen MR) is 66.7 cm³/mol. The minimum atomic E-state index is 0.164. The molecular weight excluding hydrogens is 214 g/mol. The Labute approximate surface area is 98.0 Å². The molecule has 3 N–H and O–H groups in total. The van der Waals surface area contributed by atoms with Gasteiger partial charge in [-0.3, -0.25) is 4.40 Å².